The van der Waals surface area contributed by atoms with E-state index in [4.69, 9.17) is 0 Å². The van der Waals surface area contributed by atoms with E-state index in [2.05, 4.69) is 41.2 Å². The lowest BCUT2D eigenvalue weighted by Gasteiger charge is -2.09. The second-order valence-corrected chi connectivity index (χ2v) is 4.88. The number of imidazole rings is 1. The average Bonchev–Trinajstić information content (AvgIpc) is 2.82. The van der Waals surface area contributed by atoms with Gasteiger partial charge in [-0.3, -0.25) is 4.40 Å². The van der Waals surface area contributed by atoms with E-state index in [1.54, 1.807) is 0 Å². The van der Waals surface area contributed by atoms with Crippen LogP contribution in [0, 0.1) is 6.92 Å². The summed E-state index contributed by atoms with van der Waals surface area (Å²) in [5.41, 5.74) is 3.31. The zero-order valence-corrected chi connectivity index (χ0v) is 11.3. The van der Waals surface area contributed by atoms with Crippen LogP contribution in [0.4, 0.5) is 5.82 Å². The summed E-state index contributed by atoms with van der Waals surface area (Å²) in [4.78, 5) is 11.1. The van der Waals surface area contributed by atoms with Crippen molar-refractivity contribution in [3.63, 3.8) is 0 Å². The highest BCUT2D eigenvalue weighted by Crippen LogP contribution is 2.20. The lowest BCUT2D eigenvalue weighted by atomic mass is 10.1. The summed E-state index contributed by atoms with van der Waals surface area (Å²) < 4.78 is 1.95. The number of nitrogens with zero attached hydrogens (tertiary/aromatic N) is 4. The molecule has 3 aromatic rings. The minimum atomic E-state index is 0.724. The van der Waals surface area contributed by atoms with Gasteiger partial charge in [0.05, 0.1) is 5.69 Å². The largest absolute Gasteiger partial charge is 0.363 e. The predicted molar refractivity (Wildman–Crippen MR) is 77.5 cm³/mol. The van der Waals surface area contributed by atoms with E-state index in [-0.39, 0.29) is 0 Å². The van der Waals surface area contributed by atoms with E-state index in [0.717, 1.165) is 22.9 Å². The van der Waals surface area contributed by atoms with Crippen LogP contribution in [0.5, 0.6) is 0 Å². The van der Waals surface area contributed by atoms with Crippen LogP contribution in [0.25, 0.3) is 17.0 Å². The minimum absolute atomic E-state index is 0.724. The SMILES string of the molecule is Cc1ccc(-c2cn3ccc(N(C)C)nc3n2)cc1. The Balaban J connectivity index is 2.08. The first-order chi connectivity index (χ1) is 9.13. The molecule has 3 rings (SSSR count). The van der Waals surface area contributed by atoms with Gasteiger partial charge in [0.15, 0.2) is 0 Å². The molecule has 4 nitrogen and oxygen atoms in total. The van der Waals surface area contributed by atoms with Gasteiger partial charge in [0.2, 0.25) is 5.78 Å². The number of aryl methyl sites for hydroxylation is 1. The van der Waals surface area contributed by atoms with Crippen LogP contribution in [0.1, 0.15) is 5.56 Å². The number of rotatable bonds is 2. The van der Waals surface area contributed by atoms with Gasteiger partial charge in [0.1, 0.15) is 5.82 Å². The van der Waals surface area contributed by atoms with Crippen molar-refractivity contribution < 1.29 is 0 Å². The van der Waals surface area contributed by atoms with Gasteiger partial charge >= 0.3 is 0 Å². The van der Waals surface area contributed by atoms with Gasteiger partial charge in [-0.1, -0.05) is 29.8 Å². The smallest absolute Gasteiger partial charge is 0.236 e. The van der Waals surface area contributed by atoms with Crippen molar-refractivity contribution in [1.82, 2.24) is 14.4 Å². The molecule has 2 heterocycles. The van der Waals surface area contributed by atoms with Crippen molar-refractivity contribution in [3.05, 3.63) is 48.3 Å². The van der Waals surface area contributed by atoms with Crippen LogP contribution >= 0.6 is 0 Å². The summed E-state index contributed by atoms with van der Waals surface area (Å²) in [5.74, 6) is 1.63. The van der Waals surface area contributed by atoms with Gasteiger partial charge in [-0.05, 0) is 13.0 Å². The summed E-state index contributed by atoms with van der Waals surface area (Å²) in [6.45, 7) is 2.08. The molecule has 0 spiro atoms. The molecule has 4 heteroatoms. The number of hydrogen-bond donors (Lipinski definition) is 0. The molecular formula is C15H16N4. The second kappa shape index (κ2) is 4.39. The topological polar surface area (TPSA) is 33.4 Å². The maximum absolute atomic E-state index is 4.58. The minimum Gasteiger partial charge on any atom is -0.363 e. The molecule has 0 aliphatic heterocycles. The van der Waals surface area contributed by atoms with Gasteiger partial charge in [0, 0.05) is 32.1 Å². The molecule has 1 aromatic carbocycles. The number of aromatic nitrogens is 3. The molecule has 19 heavy (non-hydrogen) atoms. The Bertz CT molecular complexity index is 711. The van der Waals surface area contributed by atoms with Crippen LogP contribution in [-0.2, 0) is 0 Å². The maximum atomic E-state index is 4.58. The van der Waals surface area contributed by atoms with Crippen molar-refractivity contribution in [1.29, 1.82) is 0 Å². The van der Waals surface area contributed by atoms with E-state index >= 15 is 0 Å². The van der Waals surface area contributed by atoms with Crippen molar-refractivity contribution in [2.75, 3.05) is 19.0 Å². The van der Waals surface area contributed by atoms with E-state index in [9.17, 15) is 0 Å². The second-order valence-electron chi connectivity index (χ2n) is 4.88. The molecule has 0 N–H and O–H groups in total. The van der Waals surface area contributed by atoms with Crippen molar-refractivity contribution in [3.8, 4) is 11.3 Å². The first kappa shape index (κ1) is 11.7. The first-order valence-electron chi connectivity index (χ1n) is 6.23. The highest BCUT2D eigenvalue weighted by Gasteiger charge is 2.06. The molecule has 0 saturated heterocycles. The zero-order chi connectivity index (χ0) is 13.4. The number of anilines is 1. The van der Waals surface area contributed by atoms with Crippen LogP contribution in [0.2, 0.25) is 0 Å². The third-order valence-corrected chi connectivity index (χ3v) is 3.12. The molecule has 0 radical (unpaired) electrons. The molecule has 0 bridgehead atoms. The molecule has 0 unspecified atom stereocenters. The molecule has 2 aromatic heterocycles. The fourth-order valence-corrected chi connectivity index (χ4v) is 1.98. The lowest BCUT2D eigenvalue weighted by Crippen LogP contribution is -2.10. The highest BCUT2D eigenvalue weighted by molar-refractivity contribution is 5.62. The highest BCUT2D eigenvalue weighted by atomic mass is 15.2. The van der Waals surface area contributed by atoms with Gasteiger partial charge in [-0.25, -0.2) is 4.98 Å². The molecule has 0 aliphatic rings. The average molecular weight is 252 g/mol. The van der Waals surface area contributed by atoms with E-state index in [0.29, 0.717) is 0 Å². The third kappa shape index (κ3) is 2.17. The summed E-state index contributed by atoms with van der Waals surface area (Å²) in [6, 6.07) is 10.3. The van der Waals surface area contributed by atoms with Crippen LogP contribution in [0.15, 0.2) is 42.7 Å². The predicted octanol–water partition coefficient (Wildman–Crippen LogP) is 2.77. The Kier molecular flexibility index (Phi) is 2.71. The van der Waals surface area contributed by atoms with Crippen molar-refractivity contribution >= 4 is 11.6 Å². The Hall–Kier alpha value is -2.36. The number of fused-ring (bicyclic) bond motifs is 1. The Labute approximate surface area is 112 Å². The molecule has 0 saturated carbocycles. The number of benzene rings is 1. The van der Waals surface area contributed by atoms with Crippen LogP contribution in [0.3, 0.4) is 0 Å². The maximum Gasteiger partial charge on any atom is 0.236 e. The van der Waals surface area contributed by atoms with Crippen LogP contribution in [-0.4, -0.2) is 28.5 Å². The lowest BCUT2D eigenvalue weighted by molar-refractivity contribution is 1.03. The molecule has 0 atom stereocenters. The van der Waals surface area contributed by atoms with Crippen molar-refractivity contribution in [2.24, 2.45) is 0 Å². The standard InChI is InChI=1S/C15H16N4/c1-11-4-6-12(7-5-11)13-10-19-9-8-14(18(2)3)17-15(19)16-13/h4-10H,1-3H3. The zero-order valence-electron chi connectivity index (χ0n) is 11.3. The first-order valence-corrected chi connectivity index (χ1v) is 6.23. The molecule has 0 amide bonds. The quantitative estimate of drug-likeness (QED) is 0.703. The summed E-state index contributed by atoms with van der Waals surface area (Å²) in [6.07, 6.45) is 3.99. The monoisotopic (exact) mass is 252 g/mol. The summed E-state index contributed by atoms with van der Waals surface area (Å²) in [5, 5.41) is 0. The van der Waals surface area contributed by atoms with E-state index in [1.807, 2.05) is 41.9 Å². The number of hydrogen-bond acceptors (Lipinski definition) is 3. The summed E-state index contributed by atoms with van der Waals surface area (Å²) in [7, 11) is 3.95. The van der Waals surface area contributed by atoms with E-state index in [1.165, 1.54) is 5.56 Å². The summed E-state index contributed by atoms with van der Waals surface area (Å²) >= 11 is 0. The van der Waals surface area contributed by atoms with Gasteiger partial charge in [0.25, 0.3) is 0 Å². The molecule has 0 aliphatic carbocycles. The fourth-order valence-electron chi connectivity index (χ4n) is 1.98. The van der Waals surface area contributed by atoms with Gasteiger partial charge in [-0.2, -0.15) is 4.98 Å². The third-order valence-electron chi connectivity index (χ3n) is 3.12. The molecule has 0 fully saturated rings. The van der Waals surface area contributed by atoms with Crippen LogP contribution < -0.4 is 4.90 Å². The van der Waals surface area contributed by atoms with Gasteiger partial charge in [-0.15, -0.1) is 0 Å². The normalized spacial score (nSPS) is 10.9. The molecule has 96 valence electrons. The van der Waals surface area contributed by atoms with Gasteiger partial charge < -0.3 is 4.90 Å². The molecular weight excluding hydrogens is 236 g/mol. The fraction of sp³-hybridized carbons (Fsp3) is 0.200. The van der Waals surface area contributed by atoms with E-state index < -0.39 is 0 Å². The Morgan fingerprint density at radius 1 is 1.00 bits per heavy atom. The Morgan fingerprint density at radius 3 is 2.42 bits per heavy atom. The Morgan fingerprint density at radius 2 is 1.74 bits per heavy atom. The van der Waals surface area contributed by atoms with Crippen molar-refractivity contribution in [2.45, 2.75) is 6.92 Å².